The molecule has 104 valence electrons. The summed E-state index contributed by atoms with van der Waals surface area (Å²) in [5.41, 5.74) is 5.51. The van der Waals surface area contributed by atoms with E-state index in [4.69, 9.17) is 16.6 Å². The van der Waals surface area contributed by atoms with Gasteiger partial charge in [0.25, 0.3) is 0 Å². The number of nitrogens with zero attached hydrogens (tertiary/aromatic N) is 1. The van der Waals surface area contributed by atoms with Gasteiger partial charge in [0.2, 0.25) is 0 Å². The highest BCUT2D eigenvalue weighted by Gasteiger charge is 2.06. The van der Waals surface area contributed by atoms with Crippen LogP contribution in [-0.2, 0) is 6.42 Å². The van der Waals surface area contributed by atoms with Crippen molar-refractivity contribution in [2.45, 2.75) is 13.3 Å². The van der Waals surface area contributed by atoms with Crippen LogP contribution in [0.3, 0.4) is 0 Å². The molecule has 1 heterocycles. The molecule has 0 aliphatic carbocycles. The van der Waals surface area contributed by atoms with Crippen molar-refractivity contribution in [2.24, 2.45) is 0 Å². The largest absolute Gasteiger partial charge is 0.253 e. The summed E-state index contributed by atoms with van der Waals surface area (Å²) in [7, 11) is 0. The summed E-state index contributed by atoms with van der Waals surface area (Å²) in [5, 5.41) is 0.734. The second kappa shape index (κ2) is 6.11. The maximum Gasteiger partial charge on any atom is 0.0711 e. The van der Waals surface area contributed by atoms with E-state index >= 15 is 0 Å². The Labute approximate surface area is 130 Å². The lowest BCUT2D eigenvalue weighted by molar-refractivity contribution is 1.04. The minimum Gasteiger partial charge on any atom is -0.253 e. The number of hydrogen-bond acceptors (Lipinski definition) is 1. The molecule has 0 atom stereocenters. The number of hydrogen-bond donors (Lipinski definition) is 0. The summed E-state index contributed by atoms with van der Waals surface area (Å²) in [6, 6.07) is 22.5. The van der Waals surface area contributed by atoms with Gasteiger partial charge in [0.1, 0.15) is 0 Å². The SMILES string of the molecule is CCc1cc(-c2ccccc2)cc(-c2cccc(Cl)c2)n1. The Morgan fingerprint density at radius 2 is 1.57 bits per heavy atom. The van der Waals surface area contributed by atoms with Crippen LogP contribution in [0.5, 0.6) is 0 Å². The summed E-state index contributed by atoms with van der Waals surface area (Å²) in [4.78, 5) is 4.73. The first-order valence-electron chi connectivity index (χ1n) is 7.08. The summed E-state index contributed by atoms with van der Waals surface area (Å²) in [5.74, 6) is 0. The molecule has 0 N–H and O–H groups in total. The minimum absolute atomic E-state index is 0.734. The van der Waals surface area contributed by atoms with Crippen molar-refractivity contribution >= 4 is 11.6 Å². The first-order valence-corrected chi connectivity index (χ1v) is 7.46. The molecule has 0 spiro atoms. The van der Waals surface area contributed by atoms with Crippen LogP contribution >= 0.6 is 11.6 Å². The van der Waals surface area contributed by atoms with E-state index in [-0.39, 0.29) is 0 Å². The van der Waals surface area contributed by atoms with Crippen LogP contribution in [0.1, 0.15) is 12.6 Å². The third-order valence-corrected chi connectivity index (χ3v) is 3.70. The van der Waals surface area contributed by atoms with Gasteiger partial charge in [0.15, 0.2) is 0 Å². The number of aryl methyl sites for hydroxylation is 1. The van der Waals surface area contributed by atoms with Crippen molar-refractivity contribution in [3.63, 3.8) is 0 Å². The van der Waals surface area contributed by atoms with Gasteiger partial charge in [-0.05, 0) is 41.8 Å². The Bertz CT molecular complexity index is 751. The average Bonchev–Trinajstić information content (AvgIpc) is 2.55. The molecule has 1 aromatic heterocycles. The molecular formula is C19H16ClN. The van der Waals surface area contributed by atoms with Crippen molar-refractivity contribution in [3.05, 3.63) is 77.4 Å². The highest BCUT2D eigenvalue weighted by atomic mass is 35.5. The number of halogens is 1. The van der Waals surface area contributed by atoms with E-state index in [1.54, 1.807) is 0 Å². The van der Waals surface area contributed by atoms with Gasteiger partial charge >= 0.3 is 0 Å². The topological polar surface area (TPSA) is 12.9 Å². The highest BCUT2D eigenvalue weighted by Crippen LogP contribution is 2.27. The zero-order valence-corrected chi connectivity index (χ0v) is 12.6. The summed E-state index contributed by atoms with van der Waals surface area (Å²) in [6.07, 6.45) is 0.911. The van der Waals surface area contributed by atoms with Crippen molar-refractivity contribution in [1.29, 1.82) is 0 Å². The molecule has 0 aliphatic rings. The summed E-state index contributed by atoms with van der Waals surface area (Å²) >= 11 is 6.10. The molecule has 0 fully saturated rings. The third kappa shape index (κ3) is 3.14. The lowest BCUT2D eigenvalue weighted by Gasteiger charge is -2.09. The Hall–Kier alpha value is -2.12. The normalized spacial score (nSPS) is 10.6. The van der Waals surface area contributed by atoms with E-state index in [2.05, 4.69) is 43.3 Å². The summed E-state index contributed by atoms with van der Waals surface area (Å²) in [6.45, 7) is 2.12. The van der Waals surface area contributed by atoms with E-state index in [9.17, 15) is 0 Å². The third-order valence-electron chi connectivity index (χ3n) is 3.47. The van der Waals surface area contributed by atoms with Crippen LogP contribution in [0.15, 0.2) is 66.7 Å². The average molecular weight is 294 g/mol. The molecule has 21 heavy (non-hydrogen) atoms. The predicted octanol–water partition coefficient (Wildman–Crippen LogP) is 5.63. The van der Waals surface area contributed by atoms with Crippen molar-refractivity contribution in [3.8, 4) is 22.4 Å². The van der Waals surface area contributed by atoms with Crippen LogP contribution in [0.4, 0.5) is 0 Å². The number of rotatable bonds is 3. The van der Waals surface area contributed by atoms with Gasteiger partial charge < -0.3 is 0 Å². The minimum atomic E-state index is 0.734. The molecule has 2 heteroatoms. The van der Waals surface area contributed by atoms with Gasteiger partial charge in [-0.25, -0.2) is 0 Å². The van der Waals surface area contributed by atoms with Gasteiger partial charge in [-0.2, -0.15) is 0 Å². The molecule has 3 aromatic rings. The molecule has 0 unspecified atom stereocenters. The predicted molar refractivity (Wildman–Crippen MR) is 89.5 cm³/mol. The first-order chi connectivity index (χ1) is 10.3. The number of aromatic nitrogens is 1. The van der Waals surface area contributed by atoms with E-state index < -0.39 is 0 Å². The van der Waals surface area contributed by atoms with Crippen molar-refractivity contribution < 1.29 is 0 Å². The monoisotopic (exact) mass is 293 g/mol. The van der Waals surface area contributed by atoms with Crippen molar-refractivity contribution in [1.82, 2.24) is 4.98 Å². The fourth-order valence-corrected chi connectivity index (χ4v) is 2.55. The van der Waals surface area contributed by atoms with E-state index in [1.165, 1.54) is 11.1 Å². The van der Waals surface area contributed by atoms with Gasteiger partial charge in [-0.1, -0.05) is 61.0 Å². The lowest BCUT2D eigenvalue weighted by atomic mass is 10.0. The Morgan fingerprint density at radius 3 is 2.29 bits per heavy atom. The highest BCUT2D eigenvalue weighted by molar-refractivity contribution is 6.30. The molecule has 0 radical (unpaired) electrons. The van der Waals surface area contributed by atoms with Crippen molar-refractivity contribution in [2.75, 3.05) is 0 Å². The van der Waals surface area contributed by atoms with E-state index in [0.29, 0.717) is 0 Å². The zero-order chi connectivity index (χ0) is 14.7. The molecule has 0 saturated carbocycles. The molecule has 0 bridgehead atoms. The van der Waals surface area contributed by atoms with E-state index in [0.717, 1.165) is 28.4 Å². The van der Waals surface area contributed by atoms with Gasteiger partial charge in [0, 0.05) is 16.3 Å². The fraction of sp³-hybridized carbons (Fsp3) is 0.105. The first kappa shape index (κ1) is 13.8. The van der Waals surface area contributed by atoms with Crippen LogP contribution in [0, 0.1) is 0 Å². The Morgan fingerprint density at radius 1 is 0.810 bits per heavy atom. The maximum absolute atomic E-state index is 6.10. The second-order valence-corrected chi connectivity index (χ2v) is 5.40. The quantitative estimate of drug-likeness (QED) is 0.610. The molecule has 0 aliphatic heterocycles. The van der Waals surface area contributed by atoms with Crippen LogP contribution < -0.4 is 0 Å². The molecule has 1 nitrogen and oxygen atoms in total. The van der Waals surface area contributed by atoms with E-state index in [1.807, 2.05) is 30.3 Å². The van der Waals surface area contributed by atoms with Crippen LogP contribution in [-0.4, -0.2) is 4.98 Å². The van der Waals surface area contributed by atoms with Crippen LogP contribution in [0.2, 0.25) is 5.02 Å². The van der Waals surface area contributed by atoms with Gasteiger partial charge in [0.05, 0.1) is 5.69 Å². The molecule has 0 amide bonds. The zero-order valence-electron chi connectivity index (χ0n) is 11.9. The maximum atomic E-state index is 6.10. The Kier molecular flexibility index (Phi) is 4.03. The molecule has 3 rings (SSSR count). The standard InChI is InChI=1S/C19H16ClN/c1-2-18-12-16(14-7-4-3-5-8-14)13-19(21-18)15-9-6-10-17(20)11-15/h3-13H,2H2,1H3. The number of benzene rings is 2. The van der Waals surface area contributed by atoms with Gasteiger partial charge in [-0.15, -0.1) is 0 Å². The number of pyridine rings is 1. The lowest BCUT2D eigenvalue weighted by Crippen LogP contribution is -1.93. The Balaban J connectivity index is 2.14. The molecule has 0 saturated heterocycles. The second-order valence-electron chi connectivity index (χ2n) is 4.96. The van der Waals surface area contributed by atoms with Gasteiger partial charge in [-0.3, -0.25) is 4.98 Å². The smallest absolute Gasteiger partial charge is 0.0711 e. The molecular weight excluding hydrogens is 278 g/mol. The summed E-state index contributed by atoms with van der Waals surface area (Å²) < 4.78 is 0. The molecule has 2 aromatic carbocycles. The fourth-order valence-electron chi connectivity index (χ4n) is 2.36. The van der Waals surface area contributed by atoms with Crippen LogP contribution in [0.25, 0.3) is 22.4 Å².